The lowest BCUT2D eigenvalue weighted by Crippen LogP contribution is -2.42. The second kappa shape index (κ2) is 7.13. The first kappa shape index (κ1) is 16.6. The van der Waals surface area contributed by atoms with Gasteiger partial charge in [-0.25, -0.2) is 0 Å². The smallest absolute Gasteiger partial charge is 0.253 e. The van der Waals surface area contributed by atoms with Crippen molar-refractivity contribution in [3.63, 3.8) is 0 Å². The lowest BCUT2D eigenvalue weighted by Gasteiger charge is -2.24. The molecule has 124 valence electrons. The fourth-order valence-corrected chi connectivity index (χ4v) is 3.16. The lowest BCUT2D eigenvalue weighted by molar-refractivity contribution is -0.132. The minimum absolute atomic E-state index is 0.311. The molecule has 0 radical (unpaired) electrons. The zero-order chi connectivity index (χ0) is 17.1. The third-order valence-electron chi connectivity index (χ3n) is 4.16. The van der Waals surface area contributed by atoms with Crippen LogP contribution in [0.15, 0.2) is 57.9 Å². The van der Waals surface area contributed by atoms with Gasteiger partial charge in [-0.1, -0.05) is 34.1 Å². The van der Waals surface area contributed by atoms with Crippen molar-refractivity contribution in [1.82, 2.24) is 9.47 Å². The highest BCUT2D eigenvalue weighted by Gasteiger charge is 2.34. The van der Waals surface area contributed by atoms with Crippen LogP contribution in [0.25, 0.3) is 0 Å². The van der Waals surface area contributed by atoms with Gasteiger partial charge in [-0.3, -0.25) is 19.0 Å². The Bertz CT molecular complexity index is 808. The number of carbonyl (C=O) groups excluding carboxylic acids is 2. The van der Waals surface area contributed by atoms with E-state index in [1.165, 1.54) is 16.8 Å². The monoisotopic (exact) mass is 388 g/mol. The van der Waals surface area contributed by atoms with Crippen molar-refractivity contribution in [2.75, 3.05) is 13.1 Å². The largest absolute Gasteiger partial charge is 0.340 e. The number of rotatable bonds is 4. The minimum atomic E-state index is -1.15. The van der Waals surface area contributed by atoms with Gasteiger partial charge in [0.05, 0.1) is 0 Å². The van der Waals surface area contributed by atoms with Crippen LogP contribution in [0.1, 0.15) is 29.2 Å². The maximum Gasteiger partial charge on any atom is 0.253 e. The van der Waals surface area contributed by atoms with Gasteiger partial charge in [0.2, 0.25) is 0 Å². The summed E-state index contributed by atoms with van der Waals surface area (Å²) in [5.41, 5.74) is 0.0482. The van der Waals surface area contributed by atoms with Crippen LogP contribution in [0.5, 0.6) is 0 Å². The summed E-state index contributed by atoms with van der Waals surface area (Å²) in [7, 11) is 0. The van der Waals surface area contributed by atoms with Gasteiger partial charge in [-0.2, -0.15) is 0 Å². The summed E-state index contributed by atoms with van der Waals surface area (Å²) in [6.45, 7) is 1.26. The van der Waals surface area contributed by atoms with E-state index in [2.05, 4.69) is 15.9 Å². The van der Waals surface area contributed by atoms with Crippen LogP contribution in [0, 0.1) is 0 Å². The molecule has 0 aliphatic carbocycles. The van der Waals surface area contributed by atoms with Gasteiger partial charge >= 0.3 is 0 Å². The van der Waals surface area contributed by atoms with Gasteiger partial charge in [-0.15, -0.1) is 0 Å². The highest BCUT2D eigenvalue weighted by Crippen LogP contribution is 2.21. The van der Waals surface area contributed by atoms with E-state index in [1.54, 1.807) is 41.3 Å². The van der Waals surface area contributed by atoms with Crippen LogP contribution >= 0.6 is 15.9 Å². The normalized spacial score (nSPS) is 15.3. The van der Waals surface area contributed by atoms with E-state index in [-0.39, 0.29) is 17.2 Å². The van der Waals surface area contributed by atoms with E-state index < -0.39 is 6.04 Å². The number of benzene rings is 1. The fourth-order valence-electron chi connectivity index (χ4n) is 2.89. The van der Waals surface area contributed by atoms with Crippen molar-refractivity contribution < 1.29 is 9.59 Å². The number of halogens is 1. The van der Waals surface area contributed by atoms with E-state index in [4.69, 9.17) is 0 Å². The molecule has 1 amide bonds. The standard InChI is InChI=1S/C18H17BrN2O3/c19-14-8-6-13(7-9-14)17(23)16(18(24)20-10-3-4-11-20)21-12-2-1-5-15(21)22/h1-2,5-9,12,16H,3-4,10-11H2/t16-/m0/s1. The first-order valence-electron chi connectivity index (χ1n) is 7.83. The molecule has 0 unspecified atom stereocenters. The van der Waals surface area contributed by atoms with Gasteiger partial charge in [0.1, 0.15) is 0 Å². The van der Waals surface area contributed by atoms with Gasteiger partial charge < -0.3 is 4.90 Å². The number of hydrogen-bond acceptors (Lipinski definition) is 3. The van der Waals surface area contributed by atoms with E-state index >= 15 is 0 Å². The van der Waals surface area contributed by atoms with Gasteiger partial charge in [0.15, 0.2) is 11.8 Å². The van der Waals surface area contributed by atoms with Crippen LogP contribution in [0.2, 0.25) is 0 Å². The number of likely N-dealkylation sites (tertiary alicyclic amines) is 1. The molecule has 1 atom stereocenters. The number of ketones is 1. The molecule has 1 saturated heterocycles. The molecule has 0 saturated carbocycles. The van der Waals surface area contributed by atoms with Crippen LogP contribution in [-0.4, -0.2) is 34.2 Å². The average molecular weight is 389 g/mol. The predicted molar refractivity (Wildman–Crippen MR) is 94.0 cm³/mol. The van der Waals surface area contributed by atoms with Gasteiger partial charge in [0, 0.05) is 35.4 Å². The number of Topliss-reactive ketones (excluding diaryl/α,β-unsaturated/α-hetero) is 1. The van der Waals surface area contributed by atoms with Gasteiger partial charge in [0.25, 0.3) is 11.5 Å². The third-order valence-corrected chi connectivity index (χ3v) is 4.69. The second-order valence-electron chi connectivity index (χ2n) is 5.75. The quantitative estimate of drug-likeness (QED) is 0.597. The molecule has 2 aromatic rings. The zero-order valence-corrected chi connectivity index (χ0v) is 14.6. The molecular formula is C18H17BrN2O3. The molecular weight excluding hydrogens is 372 g/mol. The molecule has 1 aliphatic rings. The minimum Gasteiger partial charge on any atom is -0.340 e. The summed E-state index contributed by atoms with van der Waals surface area (Å²) < 4.78 is 2.07. The highest BCUT2D eigenvalue weighted by atomic mass is 79.9. The Morgan fingerprint density at radius 1 is 1.00 bits per heavy atom. The Labute approximate surface area is 148 Å². The fraction of sp³-hybridized carbons (Fsp3) is 0.278. The number of pyridine rings is 1. The van der Waals surface area contributed by atoms with E-state index in [0.29, 0.717) is 18.7 Å². The first-order chi connectivity index (χ1) is 11.6. The molecule has 6 heteroatoms. The molecule has 3 rings (SSSR count). The molecule has 0 bridgehead atoms. The van der Waals surface area contributed by atoms with Crippen LogP contribution < -0.4 is 5.56 Å². The predicted octanol–water partition coefficient (Wildman–Crippen LogP) is 2.66. The van der Waals surface area contributed by atoms with Crippen molar-refractivity contribution in [3.8, 4) is 0 Å². The van der Waals surface area contributed by atoms with Crippen LogP contribution in [0.3, 0.4) is 0 Å². The molecule has 2 heterocycles. The number of aromatic nitrogens is 1. The molecule has 24 heavy (non-hydrogen) atoms. The Balaban J connectivity index is 2.02. The maximum atomic E-state index is 13.0. The summed E-state index contributed by atoms with van der Waals surface area (Å²) in [6, 6.07) is 10.3. The topological polar surface area (TPSA) is 59.4 Å². The summed E-state index contributed by atoms with van der Waals surface area (Å²) in [4.78, 5) is 39.8. The number of amides is 1. The van der Waals surface area contributed by atoms with E-state index in [0.717, 1.165) is 17.3 Å². The number of carbonyl (C=O) groups is 2. The summed E-state index contributed by atoms with van der Waals surface area (Å²) in [6.07, 6.45) is 3.35. The van der Waals surface area contributed by atoms with Crippen LogP contribution in [0.4, 0.5) is 0 Å². The van der Waals surface area contributed by atoms with Crippen molar-refractivity contribution in [3.05, 3.63) is 69.1 Å². The van der Waals surface area contributed by atoms with Crippen molar-refractivity contribution in [2.45, 2.75) is 18.9 Å². The molecule has 5 nitrogen and oxygen atoms in total. The van der Waals surface area contributed by atoms with Crippen LogP contribution in [-0.2, 0) is 4.79 Å². The molecule has 1 aliphatic heterocycles. The van der Waals surface area contributed by atoms with Crippen molar-refractivity contribution in [2.24, 2.45) is 0 Å². The Morgan fingerprint density at radius 2 is 1.67 bits per heavy atom. The van der Waals surface area contributed by atoms with Gasteiger partial charge in [-0.05, 0) is 31.0 Å². The second-order valence-corrected chi connectivity index (χ2v) is 6.67. The van der Waals surface area contributed by atoms with Crippen molar-refractivity contribution >= 4 is 27.6 Å². The highest BCUT2D eigenvalue weighted by molar-refractivity contribution is 9.10. The third kappa shape index (κ3) is 3.33. The SMILES string of the molecule is O=C(c1ccc(Br)cc1)[C@@H](C(=O)N1CCCC1)n1ccccc1=O. The number of hydrogen-bond donors (Lipinski definition) is 0. The van der Waals surface area contributed by atoms with E-state index in [9.17, 15) is 14.4 Å². The number of nitrogens with zero attached hydrogens (tertiary/aromatic N) is 2. The lowest BCUT2D eigenvalue weighted by atomic mass is 10.0. The average Bonchev–Trinajstić information content (AvgIpc) is 3.12. The molecule has 1 aromatic carbocycles. The summed E-state index contributed by atoms with van der Waals surface area (Å²) in [5, 5.41) is 0. The Hall–Kier alpha value is -2.21. The Kier molecular flexibility index (Phi) is 4.94. The maximum absolute atomic E-state index is 13.0. The summed E-state index contributed by atoms with van der Waals surface area (Å²) >= 11 is 3.33. The zero-order valence-electron chi connectivity index (χ0n) is 13.0. The molecule has 1 aromatic heterocycles. The summed E-state index contributed by atoms with van der Waals surface area (Å²) in [5.74, 6) is -0.679. The van der Waals surface area contributed by atoms with E-state index in [1.807, 2.05) is 0 Å². The molecule has 1 fully saturated rings. The van der Waals surface area contributed by atoms with Crippen molar-refractivity contribution in [1.29, 1.82) is 0 Å². The first-order valence-corrected chi connectivity index (χ1v) is 8.63. The molecule has 0 N–H and O–H groups in total. The Morgan fingerprint density at radius 3 is 2.29 bits per heavy atom. The molecule has 0 spiro atoms.